The van der Waals surface area contributed by atoms with Crippen molar-refractivity contribution < 1.29 is 22.6 Å². The summed E-state index contributed by atoms with van der Waals surface area (Å²) in [5.74, 6) is -0.742. The van der Waals surface area contributed by atoms with Crippen LogP contribution in [0.4, 0.5) is 5.69 Å². The van der Waals surface area contributed by atoms with E-state index in [1.807, 2.05) is 44.2 Å². The van der Waals surface area contributed by atoms with Gasteiger partial charge in [-0.15, -0.1) is 0 Å². The lowest BCUT2D eigenvalue weighted by Gasteiger charge is -2.29. The average Bonchev–Trinajstić information content (AvgIpc) is 2.79. The number of nitrogens with one attached hydrogen (secondary N) is 2. The number of carbonyl (C=O) groups is 2. The molecule has 0 heterocycles. The second-order valence-corrected chi connectivity index (χ2v) is 10.4. The molecule has 1 atom stereocenters. The third kappa shape index (κ3) is 8.01. The molecule has 0 aromatic heterocycles. The maximum atomic E-state index is 13.2. The average molecular weight is 470 g/mol. The standard InChI is InChI=1S/C24H31BN2O5S/c25-20-10-12-21(13-11-20)27-24(29)22(18-4-2-1-3-5-18)16-17-6-8-19(9-7-17)23(28)26-14-15-33(30,31)32/h6-13,18,22H,1-5,14-16,25H2,(H,26,28)(H,27,29)(H,30,31,32). The Labute approximate surface area is 196 Å². The molecule has 0 bridgehead atoms. The molecule has 2 aromatic carbocycles. The fraction of sp³-hybridized carbons (Fsp3) is 0.417. The number of hydrogen-bond donors (Lipinski definition) is 3. The summed E-state index contributed by atoms with van der Waals surface area (Å²) in [5.41, 5.74) is 3.30. The molecule has 1 saturated carbocycles. The highest BCUT2D eigenvalue weighted by molar-refractivity contribution is 7.85. The monoisotopic (exact) mass is 470 g/mol. The predicted molar refractivity (Wildman–Crippen MR) is 132 cm³/mol. The minimum absolute atomic E-state index is 0.0257. The topological polar surface area (TPSA) is 113 Å². The molecular weight excluding hydrogens is 439 g/mol. The number of carbonyl (C=O) groups excluding carboxylic acids is 2. The summed E-state index contributed by atoms with van der Waals surface area (Å²) in [6.07, 6.45) is 6.17. The van der Waals surface area contributed by atoms with Gasteiger partial charge in [0, 0.05) is 23.7 Å². The Kier molecular flexibility index (Phi) is 8.69. The van der Waals surface area contributed by atoms with E-state index in [0.29, 0.717) is 17.9 Å². The molecular formula is C24H31BN2O5S. The van der Waals surface area contributed by atoms with E-state index in [9.17, 15) is 18.0 Å². The molecule has 1 aliphatic rings. The molecule has 7 nitrogen and oxygen atoms in total. The van der Waals surface area contributed by atoms with Crippen LogP contribution in [0.2, 0.25) is 0 Å². The zero-order valence-corrected chi connectivity index (χ0v) is 19.7. The fourth-order valence-electron chi connectivity index (χ4n) is 4.32. The number of anilines is 1. The van der Waals surface area contributed by atoms with E-state index < -0.39 is 21.8 Å². The van der Waals surface area contributed by atoms with Crippen molar-refractivity contribution in [2.75, 3.05) is 17.6 Å². The van der Waals surface area contributed by atoms with Gasteiger partial charge >= 0.3 is 0 Å². The largest absolute Gasteiger partial charge is 0.351 e. The van der Waals surface area contributed by atoms with Gasteiger partial charge in [-0.05, 0) is 55.0 Å². The Morgan fingerprint density at radius 2 is 1.64 bits per heavy atom. The second kappa shape index (κ2) is 11.5. The number of amides is 2. The smallest absolute Gasteiger partial charge is 0.266 e. The van der Waals surface area contributed by atoms with E-state index in [0.717, 1.165) is 42.4 Å². The molecule has 0 aliphatic heterocycles. The highest BCUT2D eigenvalue weighted by Crippen LogP contribution is 2.33. The van der Waals surface area contributed by atoms with E-state index in [1.54, 1.807) is 12.1 Å². The van der Waals surface area contributed by atoms with Gasteiger partial charge in [0.2, 0.25) is 5.91 Å². The zero-order chi connectivity index (χ0) is 23.8. The quantitative estimate of drug-likeness (QED) is 0.383. The molecule has 9 heteroatoms. The lowest BCUT2D eigenvalue weighted by atomic mass is 9.77. The maximum absolute atomic E-state index is 13.2. The summed E-state index contributed by atoms with van der Waals surface area (Å²) in [6, 6.07) is 14.8. The molecule has 3 N–H and O–H groups in total. The SMILES string of the molecule is Bc1ccc(NC(=O)C(Cc2ccc(C(=O)NCCS(=O)(=O)O)cc2)C2CCCCC2)cc1. The molecule has 1 aliphatic carbocycles. The van der Waals surface area contributed by atoms with Crippen LogP contribution < -0.4 is 16.1 Å². The van der Waals surface area contributed by atoms with Crippen LogP contribution in [-0.4, -0.2) is 44.9 Å². The van der Waals surface area contributed by atoms with Crippen LogP contribution in [0.15, 0.2) is 48.5 Å². The molecule has 1 fully saturated rings. The minimum atomic E-state index is -4.12. The molecule has 176 valence electrons. The first kappa shape index (κ1) is 25.0. The number of rotatable bonds is 9. The van der Waals surface area contributed by atoms with Gasteiger partial charge in [-0.2, -0.15) is 8.42 Å². The molecule has 0 spiro atoms. The molecule has 33 heavy (non-hydrogen) atoms. The molecule has 0 saturated heterocycles. The van der Waals surface area contributed by atoms with Crippen molar-refractivity contribution in [3.05, 3.63) is 59.7 Å². The van der Waals surface area contributed by atoms with Crippen LogP contribution in [0.1, 0.15) is 48.0 Å². The third-order valence-corrected chi connectivity index (χ3v) is 6.91. The van der Waals surface area contributed by atoms with Gasteiger partial charge in [0.25, 0.3) is 16.0 Å². The van der Waals surface area contributed by atoms with Gasteiger partial charge < -0.3 is 10.6 Å². The number of benzene rings is 2. The molecule has 3 rings (SSSR count). The van der Waals surface area contributed by atoms with Gasteiger partial charge in [0.05, 0.1) is 5.75 Å². The lowest BCUT2D eigenvalue weighted by Crippen LogP contribution is -2.32. The van der Waals surface area contributed by atoms with Gasteiger partial charge in [0.1, 0.15) is 7.85 Å². The van der Waals surface area contributed by atoms with E-state index in [4.69, 9.17) is 4.55 Å². The van der Waals surface area contributed by atoms with Crippen LogP contribution in [0.3, 0.4) is 0 Å². The van der Waals surface area contributed by atoms with Crippen molar-refractivity contribution in [1.82, 2.24) is 5.32 Å². The third-order valence-electron chi connectivity index (χ3n) is 6.19. The summed E-state index contributed by atoms with van der Waals surface area (Å²) in [4.78, 5) is 25.4. The van der Waals surface area contributed by atoms with Crippen LogP contribution in [0.5, 0.6) is 0 Å². The minimum Gasteiger partial charge on any atom is -0.351 e. The van der Waals surface area contributed by atoms with Crippen molar-refractivity contribution >= 4 is 40.9 Å². The lowest BCUT2D eigenvalue weighted by molar-refractivity contribution is -0.121. The van der Waals surface area contributed by atoms with Crippen LogP contribution in [0.25, 0.3) is 0 Å². The predicted octanol–water partition coefficient (Wildman–Crippen LogP) is 1.94. The Hall–Kier alpha value is -2.65. The first-order valence-corrected chi connectivity index (χ1v) is 13.0. The van der Waals surface area contributed by atoms with Gasteiger partial charge in [-0.1, -0.05) is 49.0 Å². The Balaban J connectivity index is 1.66. The van der Waals surface area contributed by atoms with Crippen LogP contribution in [0, 0.1) is 11.8 Å². The van der Waals surface area contributed by atoms with E-state index in [2.05, 4.69) is 10.6 Å². The van der Waals surface area contributed by atoms with Gasteiger partial charge in [-0.25, -0.2) is 0 Å². The first-order chi connectivity index (χ1) is 15.7. The fourth-order valence-corrected chi connectivity index (χ4v) is 4.68. The number of hydrogen-bond acceptors (Lipinski definition) is 4. The Bertz CT molecular complexity index is 1050. The van der Waals surface area contributed by atoms with Crippen molar-refractivity contribution in [2.24, 2.45) is 11.8 Å². The van der Waals surface area contributed by atoms with Crippen molar-refractivity contribution in [2.45, 2.75) is 38.5 Å². The summed E-state index contributed by atoms with van der Waals surface area (Å²) in [7, 11) is -2.11. The van der Waals surface area contributed by atoms with Crippen molar-refractivity contribution in [1.29, 1.82) is 0 Å². The van der Waals surface area contributed by atoms with Gasteiger partial charge in [-0.3, -0.25) is 14.1 Å². The summed E-state index contributed by atoms with van der Waals surface area (Å²) in [6.45, 7) is -0.164. The van der Waals surface area contributed by atoms with Crippen LogP contribution >= 0.6 is 0 Å². The van der Waals surface area contributed by atoms with E-state index >= 15 is 0 Å². The van der Waals surface area contributed by atoms with Gasteiger partial charge in [0.15, 0.2) is 0 Å². The Morgan fingerprint density at radius 1 is 1.00 bits per heavy atom. The second-order valence-electron chi connectivity index (χ2n) is 8.80. The Morgan fingerprint density at radius 3 is 2.24 bits per heavy atom. The first-order valence-electron chi connectivity index (χ1n) is 11.4. The highest BCUT2D eigenvalue weighted by Gasteiger charge is 2.30. The van der Waals surface area contributed by atoms with E-state index in [1.165, 1.54) is 6.42 Å². The zero-order valence-electron chi connectivity index (χ0n) is 18.9. The highest BCUT2D eigenvalue weighted by atomic mass is 32.2. The maximum Gasteiger partial charge on any atom is 0.266 e. The molecule has 0 radical (unpaired) electrons. The van der Waals surface area contributed by atoms with Crippen molar-refractivity contribution in [3.8, 4) is 0 Å². The summed E-state index contributed by atoms with van der Waals surface area (Å²) in [5, 5.41) is 5.55. The van der Waals surface area contributed by atoms with Crippen LogP contribution in [-0.2, 0) is 21.3 Å². The van der Waals surface area contributed by atoms with Crippen molar-refractivity contribution in [3.63, 3.8) is 0 Å². The summed E-state index contributed by atoms with van der Waals surface area (Å²) < 4.78 is 30.3. The van der Waals surface area contributed by atoms with E-state index in [-0.39, 0.29) is 18.4 Å². The normalized spacial score (nSPS) is 15.5. The summed E-state index contributed by atoms with van der Waals surface area (Å²) >= 11 is 0. The molecule has 2 amide bonds. The molecule has 2 aromatic rings. The molecule has 1 unspecified atom stereocenters.